The Morgan fingerprint density at radius 2 is 1.78 bits per heavy atom. The van der Waals surface area contributed by atoms with Gasteiger partial charge in [0.1, 0.15) is 0 Å². The molecule has 0 heterocycles. The van der Waals surface area contributed by atoms with Gasteiger partial charge in [0, 0.05) is 11.1 Å². The largest absolute Gasteiger partial charge is 0.326 e. The second-order valence-electron chi connectivity index (χ2n) is 7.21. The van der Waals surface area contributed by atoms with Crippen LogP contribution in [-0.2, 0) is 4.79 Å². The Labute approximate surface area is 149 Å². The molecule has 1 aromatic rings. The minimum Gasteiger partial charge on any atom is -0.326 e. The van der Waals surface area contributed by atoms with Crippen LogP contribution < -0.4 is 5.32 Å². The average molecular weight is 356 g/mol. The number of benzene rings is 1. The van der Waals surface area contributed by atoms with E-state index >= 15 is 0 Å². The molecule has 1 saturated carbocycles. The highest BCUT2D eigenvalue weighted by molar-refractivity contribution is 6.42. The molecule has 4 heteroatoms. The quantitative estimate of drug-likeness (QED) is 0.584. The van der Waals surface area contributed by atoms with Crippen molar-refractivity contribution in [3.63, 3.8) is 0 Å². The standard InChI is InChI=1S/C19H27Cl2NO/c1-14(2)9-12-19(10-5-3-4-6-11-19)18(23)22-15-7-8-16(20)17(21)13-15/h7-8,13-14H,3-6,9-12H2,1-2H3,(H,22,23). The Hall–Kier alpha value is -0.730. The zero-order chi connectivity index (χ0) is 16.9. The molecule has 0 radical (unpaired) electrons. The molecule has 0 spiro atoms. The summed E-state index contributed by atoms with van der Waals surface area (Å²) in [5, 5.41) is 4.07. The normalized spacial score (nSPS) is 17.8. The van der Waals surface area contributed by atoms with Crippen molar-refractivity contribution in [1.29, 1.82) is 0 Å². The van der Waals surface area contributed by atoms with Crippen molar-refractivity contribution < 1.29 is 4.79 Å². The summed E-state index contributed by atoms with van der Waals surface area (Å²) in [5.74, 6) is 0.770. The zero-order valence-electron chi connectivity index (χ0n) is 14.1. The van der Waals surface area contributed by atoms with Gasteiger partial charge in [-0.05, 0) is 49.8 Å². The molecule has 0 bridgehead atoms. The Morgan fingerprint density at radius 3 is 2.35 bits per heavy atom. The molecule has 1 aromatic carbocycles. The van der Waals surface area contributed by atoms with Crippen molar-refractivity contribution >= 4 is 34.8 Å². The smallest absolute Gasteiger partial charge is 0.230 e. The summed E-state index contributed by atoms with van der Waals surface area (Å²) in [7, 11) is 0. The number of anilines is 1. The van der Waals surface area contributed by atoms with E-state index in [2.05, 4.69) is 19.2 Å². The monoisotopic (exact) mass is 355 g/mol. The van der Waals surface area contributed by atoms with Crippen molar-refractivity contribution in [3.8, 4) is 0 Å². The third-order valence-corrected chi connectivity index (χ3v) is 5.66. The molecule has 1 fully saturated rings. The van der Waals surface area contributed by atoms with E-state index < -0.39 is 0 Å². The summed E-state index contributed by atoms with van der Waals surface area (Å²) in [4.78, 5) is 13.1. The van der Waals surface area contributed by atoms with Crippen molar-refractivity contribution in [2.75, 3.05) is 5.32 Å². The maximum absolute atomic E-state index is 13.1. The fourth-order valence-electron chi connectivity index (χ4n) is 3.40. The van der Waals surface area contributed by atoms with Crippen LogP contribution in [0.4, 0.5) is 5.69 Å². The van der Waals surface area contributed by atoms with Crippen LogP contribution >= 0.6 is 23.2 Å². The fourth-order valence-corrected chi connectivity index (χ4v) is 3.70. The SMILES string of the molecule is CC(C)CCC1(C(=O)Nc2ccc(Cl)c(Cl)c2)CCCCCC1. The average Bonchev–Trinajstić information content (AvgIpc) is 2.75. The summed E-state index contributed by atoms with van der Waals surface area (Å²) < 4.78 is 0. The van der Waals surface area contributed by atoms with E-state index in [0.717, 1.165) is 44.2 Å². The molecular formula is C19H27Cl2NO. The highest BCUT2D eigenvalue weighted by Gasteiger charge is 2.38. The number of hydrogen-bond donors (Lipinski definition) is 1. The third-order valence-electron chi connectivity index (χ3n) is 4.92. The Bertz CT molecular complexity index is 534. The third kappa shape index (κ3) is 5.12. The topological polar surface area (TPSA) is 29.1 Å². The summed E-state index contributed by atoms with van der Waals surface area (Å²) >= 11 is 12.0. The zero-order valence-corrected chi connectivity index (χ0v) is 15.6. The summed E-state index contributed by atoms with van der Waals surface area (Å²) in [6, 6.07) is 5.28. The summed E-state index contributed by atoms with van der Waals surface area (Å²) in [5.41, 5.74) is 0.505. The highest BCUT2D eigenvalue weighted by Crippen LogP contribution is 2.41. The number of nitrogens with one attached hydrogen (secondary N) is 1. The van der Waals surface area contributed by atoms with E-state index in [-0.39, 0.29) is 11.3 Å². The molecule has 0 aliphatic heterocycles. The van der Waals surface area contributed by atoms with Crippen molar-refractivity contribution in [1.82, 2.24) is 0 Å². The first kappa shape index (κ1) is 18.6. The number of amides is 1. The first-order valence-electron chi connectivity index (χ1n) is 8.69. The van der Waals surface area contributed by atoms with E-state index in [0.29, 0.717) is 16.0 Å². The van der Waals surface area contributed by atoms with Crippen molar-refractivity contribution in [2.24, 2.45) is 11.3 Å². The minimum atomic E-state index is -0.229. The van der Waals surface area contributed by atoms with E-state index in [1.165, 1.54) is 12.8 Å². The number of carbonyl (C=O) groups is 1. The fraction of sp³-hybridized carbons (Fsp3) is 0.632. The van der Waals surface area contributed by atoms with Gasteiger partial charge in [-0.15, -0.1) is 0 Å². The maximum atomic E-state index is 13.1. The van der Waals surface area contributed by atoms with E-state index in [9.17, 15) is 4.79 Å². The number of hydrogen-bond acceptors (Lipinski definition) is 1. The molecule has 0 atom stereocenters. The molecule has 0 unspecified atom stereocenters. The lowest BCUT2D eigenvalue weighted by Gasteiger charge is -2.32. The van der Waals surface area contributed by atoms with Gasteiger partial charge in [-0.25, -0.2) is 0 Å². The molecule has 1 amide bonds. The van der Waals surface area contributed by atoms with Gasteiger partial charge in [-0.1, -0.05) is 62.7 Å². The van der Waals surface area contributed by atoms with Gasteiger partial charge in [0.2, 0.25) is 5.91 Å². The van der Waals surface area contributed by atoms with Crippen LogP contribution in [0.2, 0.25) is 10.0 Å². The molecule has 0 aromatic heterocycles. The lowest BCUT2D eigenvalue weighted by atomic mass is 9.74. The van der Waals surface area contributed by atoms with Gasteiger partial charge in [0.25, 0.3) is 0 Å². The Morgan fingerprint density at radius 1 is 1.13 bits per heavy atom. The first-order valence-corrected chi connectivity index (χ1v) is 9.45. The minimum absolute atomic E-state index is 0.151. The molecule has 23 heavy (non-hydrogen) atoms. The van der Waals surface area contributed by atoms with Gasteiger partial charge in [-0.3, -0.25) is 4.79 Å². The summed E-state index contributed by atoms with van der Waals surface area (Å²) in [6.45, 7) is 4.45. The predicted molar refractivity (Wildman–Crippen MR) is 99.3 cm³/mol. The molecule has 2 rings (SSSR count). The van der Waals surface area contributed by atoms with Crippen LogP contribution in [0.25, 0.3) is 0 Å². The number of carbonyl (C=O) groups excluding carboxylic acids is 1. The van der Waals surface area contributed by atoms with Gasteiger partial charge >= 0.3 is 0 Å². The first-order chi connectivity index (χ1) is 10.9. The molecule has 1 aliphatic rings. The van der Waals surface area contributed by atoms with Crippen LogP contribution in [0, 0.1) is 11.3 Å². The number of halogens is 2. The molecule has 1 N–H and O–H groups in total. The van der Waals surface area contributed by atoms with Crippen LogP contribution in [0.5, 0.6) is 0 Å². The van der Waals surface area contributed by atoms with Crippen molar-refractivity contribution in [2.45, 2.75) is 65.2 Å². The van der Waals surface area contributed by atoms with Gasteiger partial charge in [-0.2, -0.15) is 0 Å². The van der Waals surface area contributed by atoms with E-state index in [4.69, 9.17) is 23.2 Å². The Balaban J connectivity index is 2.15. The van der Waals surface area contributed by atoms with Crippen LogP contribution in [0.15, 0.2) is 18.2 Å². The van der Waals surface area contributed by atoms with Gasteiger partial charge in [0.15, 0.2) is 0 Å². The van der Waals surface area contributed by atoms with Crippen LogP contribution in [-0.4, -0.2) is 5.91 Å². The van der Waals surface area contributed by atoms with Crippen LogP contribution in [0.3, 0.4) is 0 Å². The van der Waals surface area contributed by atoms with Gasteiger partial charge in [0.05, 0.1) is 10.0 Å². The second-order valence-corrected chi connectivity index (χ2v) is 8.02. The van der Waals surface area contributed by atoms with Crippen molar-refractivity contribution in [3.05, 3.63) is 28.2 Å². The number of rotatable bonds is 5. The van der Waals surface area contributed by atoms with Crippen LogP contribution in [0.1, 0.15) is 65.2 Å². The van der Waals surface area contributed by atoms with E-state index in [1.807, 2.05) is 6.07 Å². The highest BCUT2D eigenvalue weighted by atomic mass is 35.5. The maximum Gasteiger partial charge on any atom is 0.230 e. The molecule has 128 valence electrons. The summed E-state index contributed by atoms with van der Waals surface area (Å²) in [6.07, 6.45) is 8.82. The van der Waals surface area contributed by atoms with E-state index in [1.54, 1.807) is 12.1 Å². The molecule has 2 nitrogen and oxygen atoms in total. The van der Waals surface area contributed by atoms with Gasteiger partial charge < -0.3 is 5.32 Å². The molecule has 1 aliphatic carbocycles. The lowest BCUT2D eigenvalue weighted by molar-refractivity contribution is -0.127. The lowest BCUT2D eigenvalue weighted by Crippen LogP contribution is -2.36. The molecular weight excluding hydrogens is 329 g/mol. The Kier molecular flexibility index (Phi) is 6.79. The molecule has 0 saturated heterocycles. The second kappa shape index (κ2) is 8.39. The predicted octanol–water partition coefficient (Wildman–Crippen LogP) is 6.71.